The van der Waals surface area contributed by atoms with Crippen LogP contribution in [0, 0.1) is 0 Å². The van der Waals surface area contributed by atoms with Crippen LogP contribution in [-0.2, 0) is 26.6 Å². The van der Waals surface area contributed by atoms with Gasteiger partial charge in [-0.2, -0.15) is 8.78 Å². The normalized spacial score (nSPS) is 12.1. The summed E-state index contributed by atoms with van der Waals surface area (Å²) in [5.41, 5.74) is -0.464. The summed E-state index contributed by atoms with van der Waals surface area (Å²) in [6, 6.07) is 9.20. The van der Waals surface area contributed by atoms with Gasteiger partial charge in [0.1, 0.15) is 5.75 Å². The van der Waals surface area contributed by atoms with Crippen molar-refractivity contribution in [2.24, 2.45) is 0 Å². The van der Waals surface area contributed by atoms with Crippen molar-refractivity contribution in [3.63, 3.8) is 0 Å². The first-order chi connectivity index (χ1) is 18.1. The van der Waals surface area contributed by atoms with Gasteiger partial charge in [-0.1, -0.05) is 12.1 Å². The van der Waals surface area contributed by atoms with Gasteiger partial charge in [-0.3, -0.25) is 9.19 Å². The van der Waals surface area contributed by atoms with E-state index in [0.29, 0.717) is 9.72 Å². The van der Waals surface area contributed by atoms with Gasteiger partial charge in [0.25, 0.3) is 10.0 Å². The van der Waals surface area contributed by atoms with Crippen molar-refractivity contribution in [3.05, 3.63) is 66.0 Å². The first kappa shape index (κ1) is 30.4. The maximum absolute atomic E-state index is 13.7. The van der Waals surface area contributed by atoms with Gasteiger partial charge >= 0.3 is 36.2 Å². The molecule has 4 aromatic rings. The van der Waals surface area contributed by atoms with E-state index in [1.807, 2.05) is 0 Å². The van der Waals surface area contributed by atoms with Crippen LogP contribution in [0.4, 0.5) is 8.78 Å². The van der Waals surface area contributed by atoms with Crippen molar-refractivity contribution >= 4 is 37.8 Å². The fraction of sp³-hybridized carbons (Fsp3) is 0.174. The minimum atomic E-state index is -4.61. The summed E-state index contributed by atoms with van der Waals surface area (Å²) in [7, 11) is -4.06. The molecule has 0 aliphatic rings. The largest absolute Gasteiger partial charge is 1.00 e. The molecule has 11 nitrogen and oxygen atoms in total. The molecule has 2 heterocycles. The predicted octanol–water partition coefficient (Wildman–Crippen LogP) is -1.04. The molecule has 2 aromatic carbocycles. The standard InChI is InChI=1S/C23H19F2N3O8S2.Na/c1-34-19-8-9-26-17(20(19)35-2)12-37(31)23-27-16-11-14(36-22(24)25)6-7-18(16)28(23)38(32,33)15-5-3-4-13(10-15)21(29)30;/h3-11,22H,12H2,1-2H3,(H,29,30);/q;+1/p-1. The Balaban J connectivity index is 0.00000420. The van der Waals surface area contributed by atoms with Crippen LogP contribution < -0.4 is 48.9 Å². The summed E-state index contributed by atoms with van der Waals surface area (Å²) in [5, 5.41) is 10.8. The molecular weight excluding hydrogens is 571 g/mol. The molecule has 0 radical (unpaired) electrons. The number of benzene rings is 2. The molecule has 200 valence electrons. The van der Waals surface area contributed by atoms with Gasteiger partial charge in [0.05, 0.1) is 58.4 Å². The first-order valence-electron chi connectivity index (χ1n) is 10.5. The van der Waals surface area contributed by atoms with Gasteiger partial charge in [0.15, 0.2) is 11.5 Å². The number of carboxylic acid groups (broad SMARTS) is 1. The average molecular weight is 590 g/mol. The van der Waals surface area contributed by atoms with E-state index >= 15 is 0 Å². The van der Waals surface area contributed by atoms with Crippen molar-refractivity contribution in [2.75, 3.05) is 14.2 Å². The summed E-state index contributed by atoms with van der Waals surface area (Å²) >= 11 is 0. The zero-order chi connectivity index (χ0) is 27.6. The Morgan fingerprint density at radius 1 is 1.13 bits per heavy atom. The molecule has 2 aromatic heterocycles. The van der Waals surface area contributed by atoms with Crippen LogP contribution in [0.15, 0.2) is 64.8 Å². The predicted molar refractivity (Wildman–Crippen MR) is 127 cm³/mol. The Kier molecular flexibility index (Phi) is 9.66. The van der Waals surface area contributed by atoms with E-state index < -0.39 is 49.0 Å². The molecule has 0 fully saturated rings. The maximum Gasteiger partial charge on any atom is 1.00 e. The van der Waals surface area contributed by atoms with Gasteiger partial charge in [-0.25, -0.2) is 17.4 Å². The average Bonchev–Trinajstić information content (AvgIpc) is 3.28. The quantitative estimate of drug-likeness (QED) is 0.210. The fourth-order valence-corrected chi connectivity index (χ4v) is 6.61. The molecule has 0 aliphatic carbocycles. The molecule has 1 atom stereocenters. The van der Waals surface area contributed by atoms with Crippen LogP contribution in [-0.4, -0.2) is 53.4 Å². The Morgan fingerprint density at radius 3 is 2.51 bits per heavy atom. The number of carbonyl (C=O) groups is 1. The number of aromatic nitrogens is 3. The van der Waals surface area contributed by atoms with Crippen LogP contribution in [0.3, 0.4) is 0 Å². The number of carbonyl (C=O) groups excluding carboxylic acids is 1. The van der Waals surface area contributed by atoms with E-state index in [2.05, 4.69) is 14.7 Å². The maximum atomic E-state index is 13.7. The molecule has 0 saturated carbocycles. The molecule has 0 spiro atoms. The number of pyridine rings is 1. The number of carboxylic acids is 1. The molecular formula is C23H18F2N3NaO8S2. The summed E-state index contributed by atoms with van der Waals surface area (Å²) in [6.45, 7) is -3.15. The third-order valence-electron chi connectivity index (χ3n) is 5.23. The second-order valence-electron chi connectivity index (χ2n) is 7.49. The number of hydrogen-bond donors (Lipinski definition) is 0. The number of imidazole rings is 1. The summed E-state index contributed by atoms with van der Waals surface area (Å²) in [4.78, 5) is 19.2. The molecule has 16 heteroatoms. The second kappa shape index (κ2) is 12.4. The third kappa shape index (κ3) is 6.22. The molecule has 0 aliphatic heterocycles. The van der Waals surface area contributed by atoms with Gasteiger partial charge < -0.3 is 24.1 Å². The van der Waals surface area contributed by atoms with Gasteiger partial charge in [0, 0.05) is 18.3 Å². The third-order valence-corrected chi connectivity index (χ3v) is 8.26. The second-order valence-corrected chi connectivity index (χ2v) is 10.6. The van der Waals surface area contributed by atoms with E-state index in [0.717, 1.165) is 36.4 Å². The minimum Gasteiger partial charge on any atom is -0.545 e. The van der Waals surface area contributed by atoms with Crippen molar-refractivity contribution < 1.29 is 75.1 Å². The molecule has 0 bridgehead atoms. The Morgan fingerprint density at radius 2 is 1.87 bits per heavy atom. The van der Waals surface area contributed by atoms with Crippen LogP contribution in [0.5, 0.6) is 17.2 Å². The Hall–Kier alpha value is -3.11. The van der Waals surface area contributed by atoms with E-state index in [-0.39, 0.29) is 63.5 Å². The summed E-state index contributed by atoms with van der Waals surface area (Å²) in [6.07, 6.45) is 1.38. The number of rotatable bonds is 10. The number of aromatic carboxylic acids is 1. The monoisotopic (exact) mass is 589 g/mol. The van der Waals surface area contributed by atoms with Gasteiger partial charge in [-0.05, 0) is 29.8 Å². The number of nitrogens with zero attached hydrogens (tertiary/aromatic N) is 3. The zero-order valence-corrected chi connectivity index (χ0v) is 24.3. The topological polar surface area (TPSA) is 150 Å². The first-order valence-corrected chi connectivity index (χ1v) is 13.3. The molecule has 39 heavy (non-hydrogen) atoms. The van der Waals surface area contributed by atoms with Crippen LogP contribution in [0.25, 0.3) is 11.0 Å². The number of alkyl halides is 2. The zero-order valence-electron chi connectivity index (χ0n) is 20.7. The molecule has 0 saturated heterocycles. The van der Waals surface area contributed by atoms with E-state index in [1.165, 1.54) is 32.5 Å². The summed E-state index contributed by atoms with van der Waals surface area (Å²) in [5.74, 6) is -1.81. The van der Waals surface area contributed by atoms with Crippen molar-refractivity contribution in [1.29, 1.82) is 0 Å². The molecule has 1 unspecified atom stereocenters. The molecule has 4 rings (SSSR count). The molecule has 0 amide bonds. The minimum absolute atomic E-state index is 0. The molecule has 0 N–H and O–H groups in total. The SMILES string of the molecule is COc1ccnc(CS(=O)c2nc3cc(OC(F)F)ccc3n2S(=O)(=O)c2cccc(C(=O)[O-])c2)c1OC.[Na+]. The smallest absolute Gasteiger partial charge is 0.545 e. The number of hydrogen-bond acceptors (Lipinski definition) is 10. The number of methoxy groups -OCH3 is 2. The number of fused-ring (bicyclic) bond motifs is 1. The van der Waals surface area contributed by atoms with Crippen molar-refractivity contribution in [1.82, 2.24) is 13.9 Å². The van der Waals surface area contributed by atoms with Crippen molar-refractivity contribution in [2.45, 2.75) is 22.4 Å². The van der Waals surface area contributed by atoms with Crippen LogP contribution in [0.2, 0.25) is 0 Å². The summed E-state index contributed by atoms with van der Waals surface area (Å²) < 4.78 is 82.0. The van der Waals surface area contributed by atoms with E-state index in [9.17, 15) is 31.3 Å². The van der Waals surface area contributed by atoms with Gasteiger partial charge in [0.2, 0.25) is 5.16 Å². The van der Waals surface area contributed by atoms with Crippen LogP contribution in [0.1, 0.15) is 16.1 Å². The van der Waals surface area contributed by atoms with Gasteiger partial charge in [-0.15, -0.1) is 0 Å². The Bertz CT molecular complexity index is 1660. The van der Waals surface area contributed by atoms with Crippen molar-refractivity contribution in [3.8, 4) is 17.2 Å². The fourth-order valence-electron chi connectivity index (χ4n) is 3.60. The number of ether oxygens (including phenoxy) is 3. The van der Waals surface area contributed by atoms with Crippen LogP contribution >= 0.6 is 0 Å². The Labute approximate surface area is 245 Å². The number of halogens is 2. The van der Waals surface area contributed by atoms with E-state index in [4.69, 9.17) is 9.47 Å². The van der Waals surface area contributed by atoms with E-state index in [1.54, 1.807) is 0 Å².